The van der Waals surface area contributed by atoms with Gasteiger partial charge in [-0.15, -0.1) is 0 Å². The molecule has 1 aliphatic heterocycles. The molecule has 2 amide bonds. The summed E-state index contributed by atoms with van der Waals surface area (Å²) in [6, 6.07) is 7.36. The van der Waals surface area contributed by atoms with Gasteiger partial charge in [-0.25, -0.2) is 4.79 Å². The van der Waals surface area contributed by atoms with Crippen molar-refractivity contribution >= 4 is 17.7 Å². The standard InChI is InChI=1S/C12H14N2O3/c15-11-2-1-7-14(11)10-5-3-9(4-6-10)8-13-12(16)17/h3-6,13H,1-2,7-8H2,(H,16,17). The molecule has 5 nitrogen and oxygen atoms in total. The van der Waals surface area contributed by atoms with Crippen LogP contribution < -0.4 is 10.2 Å². The summed E-state index contributed by atoms with van der Waals surface area (Å²) in [7, 11) is 0. The first-order chi connectivity index (χ1) is 8.16. The van der Waals surface area contributed by atoms with Crippen LogP contribution in [0.2, 0.25) is 0 Å². The highest BCUT2D eigenvalue weighted by Crippen LogP contribution is 2.21. The van der Waals surface area contributed by atoms with E-state index >= 15 is 0 Å². The first-order valence-corrected chi connectivity index (χ1v) is 5.53. The van der Waals surface area contributed by atoms with Gasteiger partial charge in [0.25, 0.3) is 0 Å². The predicted octanol–water partition coefficient (Wildman–Crippen LogP) is 1.58. The van der Waals surface area contributed by atoms with Crippen molar-refractivity contribution in [3.63, 3.8) is 0 Å². The van der Waals surface area contributed by atoms with E-state index < -0.39 is 6.09 Å². The van der Waals surface area contributed by atoms with E-state index in [1.165, 1.54) is 0 Å². The molecule has 17 heavy (non-hydrogen) atoms. The van der Waals surface area contributed by atoms with Crippen molar-refractivity contribution in [2.45, 2.75) is 19.4 Å². The van der Waals surface area contributed by atoms with Gasteiger partial charge < -0.3 is 15.3 Å². The van der Waals surface area contributed by atoms with E-state index in [1.54, 1.807) is 4.90 Å². The van der Waals surface area contributed by atoms with Crippen LogP contribution in [0.5, 0.6) is 0 Å². The Hall–Kier alpha value is -2.04. The molecule has 1 aliphatic rings. The smallest absolute Gasteiger partial charge is 0.404 e. The van der Waals surface area contributed by atoms with Crippen LogP contribution in [0.3, 0.4) is 0 Å². The van der Waals surface area contributed by atoms with Crippen LogP contribution in [0.1, 0.15) is 18.4 Å². The third-order valence-corrected chi connectivity index (χ3v) is 2.77. The molecule has 0 radical (unpaired) electrons. The van der Waals surface area contributed by atoms with E-state index in [4.69, 9.17) is 5.11 Å². The Balaban J connectivity index is 2.02. The highest BCUT2D eigenvalue weighted by Gasteiger charge is 2.21. The number of hydrogen-bond acceptors (Lipinski definition) is 2. The highest BCUT2D eigenvalue weighted by molar-refractivity contribution is 5.95. The first kappa shape index (κ1) is 11.4. The molecule has 90 valence electrons. The largest absolute Gasteiger partial charge is 0.465 e. The minimum atomic E-state index is -1.04. The molecule has 1 saturated heterocycles. The summed E-state index contributed by atoms with van der Waals surface area (Å²) in [6.07, 6.45) is 0.479. The zero-order chi connectivity index (χ0) is 12.3. The van der Waals surface area contributed by atoms with Crippen molar-refractivity contribution in [2.75, 3.05) is 11.4 Å². The van der Waals surface area contributed by atoms with Crippen LogP contribution in [-0.2, 0) is 11.3 Å². The van der Waals surface area contributed by atoms with Gasteiger partial charge in [-0.1, -0.05) is 12.1 Å². The molecule has 1 aromatic rings. The Morgan fingerprint density at radius 1 is 1.35 bits per heavy atom. The molecule has 0 atom stereocenters. The SMILES string of the molecule is O=C(O)NCc1ccc(N2CCCC2=O)cc1. The normalized spacial score (nSPS) is 15.1. The van der Waals surface area contributed by atoms with Gasteiger partial charge in [-0.3, -0.25) is 4.79 Å². The number of hydrogen-bond donors (Lipinski definition) is 2. The van der Waals surface area contributed by atoms with Crippen molar-refractivity contribution in [3.8, 4) is 0 Å². The molecule has 0 saturated carbocycles. The molecular formula is C12H14N2O3. The Kier molecular flexibility index (Phi) is 3.27. The minimum Gasteiger partial charge on any atom is -0.465 e. The molecule has 2 rings (SSSR count). The van der Waals surface area contributed by atoms with Crippen molar-refractivity contribution in [2.24, 2.45) is 0 Å². The highest BCUT2D eigenvalue weighted by atomic mass is 16.4. The number of amides is 2. The van der Waals surface area contributed by atoms with Gasteiger partial charge in [0.15, 0.2) is 0 Å². The van der Waals surface area contributed by atoms with Crippen LogP contribution in [0, 0.1) is 0 Å². The summed E-state index contributed by atoms with van der Waals surface area (Å²) in [5.74, 6) is 0.154. The Morgan fingerprint density at radius 3 is 2.59 bits per heavy atom. The first-order valence-electron chi connectivity index (χ1n) is 5.53. The molecule has 0 bridgehead atoms. The zero-order valence-corrected chi connectivity index (χ0v) is 9.35. The average Bonchev–Trinajstić information content (AvgIpc) is 2.73. The molecule has 0 unspecified atom stereocenters. The Bertz CT molecular complexity index is 428. The third kappa shape index (κ3) is 2.75. The molecule has 5 heteroatoms. The van der Waals surface area contributed by atoms with Gasteiger partial charge in [-0.05, 0) is 24.1 Å². The predicted molar refractivity (Wildman–Crippen MR) is 62.9 cm³/mol. The van der Waals surface area contributed by atoms with Gasteiger partial charge >= 0.3 is 6.09 Å². The van der Waals surface area contributed by atoms with E-state index in [9.17, 15) is 9.59 Å². The fourth-order valence-electron chi connectivity index (χ4n) is 1.89. The van der Waals surface area contributed by atoms with Gasteiger partial charge in [0.2, 0.25) is 5.91 Å². The second-order valence-corrected chi connectivity index (χ2v) is 3.97. The lowest BCUT2D eigenvalue weighted by Gasteiger charge is -2.15. The lowest BCUT2D eigenvalue weighted by Crippen LogP contribution is -2.23. The lowest BCUT2D eigenvalue weighted by molar-refractivity contribution is -0.117. The quantitative estimate of drug-likeness (QED) is 0.834. The van der Waals surface area contributed by atoms with Crippen LogP contribution >= 0.6 is 0 Å². The van der Waals surface area contributed by atoms with Crippen LogP contribution in [0.25, 0.3) is 0 Å². The summed E-state index contributed by atoms with van der Waals surface area (Å²) in [4.78, 5) is 23.6. The summed E-state index contributed by atoms with van der Waals surface area (Å²) < 4.78 is 0. The monoisotopic (exact) mass is 234 g/mol. The molecule has 1 aromatic carbocycles. The van der Waals surface area contributed by atoms with Crippen molar-refractivity contribution in [1.82, 2.24) is 5.32 Å². The topological polar surface area (TPSA) is 69.6 Å². The number of carbonyl (C=O) groups is 2. The fraction of sp³-hybridized carbons (Fsp3) is 0.333. The molecule has 0 aliphatic carbocycles. The third-order valence-electron chi connectivity index (χ3n) is 2.77. The second-order valence-electron chi connectivity index (χ2n) is 3.97. The summed E-state index contributed by atoms with van der Waals surface area (Å²) in [6.45, 7) is 1.05. The number of nitrogens with one attached hydrogen (secondary N) is 1. The molecular weight excluding hydrogens is 220 g/mol. The van der Waals surface area contributed by atoms with Crippen LogP contribution in [0.4, 0.5) is 10.5 Å². The van der Waals surface area contributed by atoms with Crippen molar-refractivity contribution < 1.29 is 14.7 Å². The molecule has 0 spiro atoms. The fourth-order valence-corrected chi connectivity index (χ4v) is 1.89. The van der Waals surface area contributed by atoms with E-state index in [0.717, 1.165) is 24.2 Å². The van der Waals surface area contributed by atoms with Crippen molar-refractivity contribution in [3.05, 3.63) is 29.8 Å². The summed E-state index contributed by atoms with van der Waals surface area (Å²) in [5, 5.41) is 10.8. The number of rotatable bonds is 3. The molecule has 0 aromatic heterocycles. The molecule has 1 fully saturated rings. The van der Waals surface area contributed by atoms with E-state index in [2.05, 4.69) is 5.32 Å². The number of anilines is 1. The van der Waals surface area contributed by atoms with Crippen molar-refractivity contribution in [1.29, 1.82) is 0 Å². The Labute approximate surface area is 99.0 Å². The summed E-state index contributed by atoms with van der Waals surface area (Å²) >= 11 is 0. The maximum atomic E-state index is 11.5. The van der Waals surface area contributed by atoms with Gasteiger partial charge in [0, 0.05) is 25.2 Å². The Morgan fingerprint density at radius 2 is 2.06 bits per heavy atom. The number of benzene rings is 1. The van der Waals surface area contributed by atoms with E-state index in [0.29, 0.717) is 6.42 Å². The number of carboxylic acid groups (broad SMARTS) is 1. The second kappa shape index (κ2) is 4.86. The van der Waals surface area contributed by atoms with Gasteiger partial charge in [-0.2, -0.15) is 0 Å². The van der Waals surface area contributed by atoms with Gasteiger partial charge in [0.05, 0.1) is 0 Å². The molecule has 1 heterocycles. The van der Waals surface area contributed by atoms with E-state index in [-0.39, 0.29) is 12.5 Å². The minimum absolute atomic E-state index is 0.154. The average molecular weight is 234 g/mol. The maximum Gasteiger partial charge on any atom is 0.404 e. The number of carbonyl (C=O) groups excluding carboxylic acids is 1. The lowest BCUT2D eigenvalue weighted by atomic mass is 10.2. The number of nitrogens with zero attached hydrogens (tertiary/aromatic N) is 1. The summed E-state index contributed by atoms with van der Waals surface area (Å²) in [5.41, 5.74) is 1.76. The van der Waals surface area contributed by atoms with Gasteiger partial charge in [0.1, 0.15) is 0 Å². The molecule has 2 N–H and O–H groups in total. The van der Waals surface area contributed by atoms with E-state index in [1.807, 2.05) is 24.3 Å². The zero-order valence-electron chi connectivity index (χ0n) is 9.35. The van der Waals surface area contributed by atoms with Crippen LogP contribution in [-0.4, -0.2) is 23.7 Å². The maximum absolute atomic E-state index is 11.5. The van der Waals surface area contributed by atoms with Crippen LogP contribution in [0.15, 0.2) is 24.3 Å².